The second-order valence-electron chi connectivity index (χ2n) is 9.57. The van der Waals surface area contributed by atoms with Crippen LogP contribution in [0, 0.1) is 0 Å². The van der Waals surface area contributed by atoms with Gasteiger partial charge in [-0.25, -0.2) is 0 Å². The van der Waals surface area contributed by atoms with Crippen LogP contribution in [0.5, 0.6) is 0 Å². The Morgan fingerprint density at radius 3 is 2.00 bits per heavy atom. The van der Waals surface area contributed by atoms with Crippen molar-refractivity contribution in [3.8, 4) is 22.3 Å². The largest absolute Gasteiger partial charge is 0.348 e. The van der Waals surface area contributed by atoms with Crippen molar-refractivity contribution in [1.29, 1.82) is 0 Å². The molecule has 0 atom stereocenters. The summed E-state index contributed by atoms with van der Waals surface area (Å²) in [6.07, 6.45) is 9.94. The van der Waals surface area contributed by atoms with Gasteiger partial charge in [-0.2, -0.15) is 0 Å². The number of allylic oxidation sites excluding steroid dienone is 4. The van der Waals surface area contributed by atoms with E-state index in [4.69, 9.17) is 0 Å². The maximum Gasteiger partial charge on any atom is 0.0488 e. The minimum absolute atomic E-state index is 0.00502. The van der Waals surface area contributed by atoms with Gasteiger partial charge in [0, 0.05) is 29.4 Å². The number of fused-ring (bicyclic) bond motifs is 3. The first-order chi connectivity index (χ1) is 17.4. The minimum Gasteiger partial charge on any atom is -0.348 e. The predicted molar refractivity (Wildman–Crippen MR) is 163 cm³/mol. The van der Waals surface area contributed by atoms with Crippen LogP contribution in [0.3, 0.4) is 0 Å². The van der Waals surface area contributed by atoms with E-state index in [-0.39, 0.29) is 5.41 Å². The fourth-order valence-corrected chi connectivity index (χ4v) is 4.80. The lowest BCUT2D eigenvalue weighted by Crippen LogP contribution is -2.19. The summed E-state index contributed by atoms with van der Waals surface area (Å²) in [7, 11) is 2.21. The van der Waals surface area contributed by atoms with E-state index in [9.17, 15) is 0 Å². The van der Waals surface area contributed by atoms with Crippen LogP contribution in [0.1, 0.15) is 85.8 Å². The Bertz CT molecular complexity index is 1150. The lowest BCUT2D eigenvalue weighted by molar-refractivity contribution is 0.660. The van der Waals surface area contributed by atoms with Crippen LogP contribution < -0.4 is 4.90 Å². The highest BCUT2D eigenvalue weighted by atomic mass is 15.1. The van der Waals surface area contributed by atoms with Gasteiger partial charge in [-0.05, 0) is 58.9 Å². The lowest BCUT2D eigenvalue weighted by Gasteiger charge is -2.28. The molecule has 1 heteroatoms. The summed E-state index contributed by atoms with van der Waals surface area (Å²) < 4.78 is 0. The highest BCUT2D eigenvalue weighted by Gasteiger charge is 2.36. The van der Waals surface area contributed by atoms with E-state index in [1.165, 1.54) is 51.2 Å². The van der Waals surface area contributed by atoms with Gasteiger partial charge in [0.2, 0.25) is 0 Å². The molecular formula is C35H47N. The van der Waals surface area contributed by atoms with Crippen molar-refractivity contribution in [2.75, 3.05) is 11.9 Å². The summed E-state index contributed by atoms with van der Waals surface area (Å²) in [5.74, 6) is 0. The first-order valence-corrected chi connectivity index (χ1v) is 13.8. The molecule has 1 aliphatic carbocycles. The molecule has 0 amide bonds. The van der Waals surface area contributed by atoms with Crippen LogP contribution in [-0.2, 0) is 5.41 Å². The third-order valence-corrected chi connectivity index (χ3v) is 6.60. The quantitative estimate of drug-likeness (QED) is 0.316. The Balaban J connectivity index is 0.000000850. The third kappa shape index (κ3) is 6.19. The van der Waals surface area contributed by atoms with Crippen molar-refractivity contribution in [3.63, 3.8) is 0 Å². The normalized spacial score (nSPS) is 13.2. The van der Waals surface area contributed by atoms with Crippen LogP contribution in [0.25, 0.3) is 22.3 Å². The van der Waals surface area contributed by atoms with Crippen molar-refractivity contribution < 1.29 is 0 Å². The van der Waals surface area contributed by atoms with Crippen LogP contribution in [0.4, 0.5) is 5.69 Å². The SMILES string of the molecule is CC.CC/C=C\C=C(/CC)N(C)c1cc2c(cc1-c1ccccc1)-c1ccccc1C2(C)C.CCC. The van der Waals surface area contributed by atoms with Crippen molar-refractivity contribution in [1.82, 2.24) is 0 Å². The first-order valence-electron chi connectivity index (χ1n) is 13.8. The molecule has 4 rings (SSSR count). The Morgan fingerprint density at radius 1 is 0.778 bits per heavy atom. The maximum absolute atomic E-state index is 2.44. The van der Waals surface area contributed by atoms with Gasteiger partial charge < -0.3 is 4.90 Å². The van der Waals surface area contributed by atoms with E-state index in [1.54, 1.807) is 0 Å². The van der Waals surface area contributed by atoms with E-state index in [2.05, 4.69) is 138 Å². The van der Waals surface area contributed by atoms with Crippen LogP contribution in [0.15, 0.2) is 90.7 Å². The number of hydrogen-bond donors (Lipinski definition) is 0. The van der Waals surface area contributed by atoms with E-state index in [0.717, 1.165) is 12.8 Å². The van der Waals surface area contributed by atoms with E-state index in [0.29, 0.717) is 0 Å². The molecule has 0 aromatic heterocycles. The summed E-state index contributed by atoms with van der Waals surface area (Å²) in [5, 5.41) is 0. The molecule has 192 valence electrons. The Hall–Kier alpha value is -3.06. The molecule has 0 fully saturated rings. The zero-order chi connectivity index (χ0) is 26.7. The number of hydrogen-bond acceptors (Lipinski definition) is 1. The summed E-state index contributed by atoms with van der Waals surface area (Å²) in [4.78, 5) is 2.38. The molecule has 0 N–H and O–H groups in total. The van der Waals surface area contributed by atoms with E-state index < -0.39 is 0 Å². The zero-order valence-corrected chi connectivity index (χ0v) is 24.2. The minimum atomic E-state index is -0.00502. The summed E-state index contributed by atoms with van der Waals surface area (Å²) >= 11 is 0. The topological polar surface area (TPSA) is 3.24 Å². The molecule has 0 spiro atoms. The van der Waals surface area contributed by atoms with Crippen LogP contribution >= 0.6 is 0 Å². The van der Waals surface area contributed by atoms with Crippen molar-refractivity contribution >= 4 is 5.69 Å². The second-order valence-corrected chi connectivity index (χ2v) is 9.57. The average molecular weight is 482 g/mol. The Morgan fingerprint density at radius 2 is 1.39 bits per heavy atom. The molecule has 36 heavy (non-hydrogen) atoms. The molecule has 0 aliphatic heterocycles. The smallest absolute Gasteiger partial charge is 0.0488 e. The molecule has 1 aliphatic rings. The molecule has 0 saturated heterocycles. The first kappa shape index (κ1) is 29.2. The number of nitrogens with zero attached hydrogens (tertiary/aromatic N) is 1. The van der Waals surface area contributed by atoms with Crippen LogP contribution in [-0.4, -0.2) is 7.05 Å². The number of rotatable bonds is 6. The molecule has 0 heterocycles. The van der Waals surface area contributed by atoms with Crippen molar-refractivity contribution in [2.24, 2.45) is 0 Å². The van der Waals surface area contributed by atoms with Gasteiger partial charge in [0.05, 0.1) is 0 Å². The summed E-state index contributed by atoms with van der Waals surface area (Å²) in [6, 6.07) is 24.5. The van der Waals surface area contributed by atoms with Crippen LogP contribution in [0.2, 0.25) is 0 Å². The number of anilines is 1. The average Bonchev–Trinajstić information content (AvgIpc) is 3.14. The van der Waals surface area contributed by atoms with Gasteiger partial charge in [0.1, 0.15) is 0 Å². The summed E-state index contributed by atoms with van der Waals surface area (Å²) in [6.45, 7) is 17.4. The highest BCUT2D eigenvalue weighted by Crippen LogP contribution is 2.51. The van der Waals surface area contributed by atoms with E-state index in [1.807, 2.05) is 13.8 Å². The second kappa shape index (κ2) is 13.9. The zero-order valence-electron chi connectivity index (χ0n) is 24.2. The fourth-order valence-electron chi connectivity index (χ4n) is 4.80. The Labute approximate surface area is 221 Å². The molecule has 0 unspecified atom stereocenters. The van der Waals surface area contributed by atoms with Gasteiger partial charge in [-0.3, -0.25) is 0 Å². The number of benzene rings is 3. The van der Waals surface area contributed by atoms with Gasteiger partial charge >= 0.3 is 0 Å². The standard InChI is InChI=1S/C30H33N.C3H8.C2H6/c1-6-8-10-17-23(7-2)31(5)29-21-28-26(20-25(29)22-15-11-9-12-16-22)24-18-13-14-19-27(24)30(28,3)4;1-3-2;1-2/h8-21H,6-7H2,1-5H3;3H2,1-2H3;1-2H3/b10-8-,23-17+;;. The molecular weight excluding hydrogens is 434 g/mol. The lowest BCUT2D eigenvalue weighted by atomic mass is 9.81. The highest BCUT2D eigenvalue weighted by molar-refractivity contribution is 5.91. The predicted octanol–water partition coefficient (Wildman–Crippen LogP) is 10.8. The summed E-state index contributed by atoms with van der Waals surface area (Å²) in [5.41, 5.74) is 10.7. The fraction of sp³-hybridized carbons (Fsp3) is 0.371. The van der Waals surface area contributed by atoms with Gasteiger partial charge in [-0.15, -0.1) is 0 Å². The molecule has 0 radical (unpaired) electrons. The monoisotopic (exact) mass is 481 g/mol. The molecule has 3 aromatic carbocycles. The molecule has 0 bridgehead atoms. The Kier molecular flexibility index (Phi) is 11.2. The van der Waals surface area contributed by atoms with Crippen molar-refractivity contribution in [2.45, 2.75) is 80.1 Å². The maximum atomic E-state index is 2.44. The third-order valence-electron chi connectivity index (χ3n) is 6.60. The van der Waals surface area contributed by atoms with Gasteiger partial charge in [0.25, 0.3) is 0 Å². The van der Waals surface area contributed by atoms with Gasteiger partial charge in [-0.1, -0.05) is 129 Å². The molecule has 0 saturated carbocycles. The van der Waals surface area contributed by atoms with Gasteiger partial charge in [0.15, 0.2) is 0 Å². The van der Waals surface area contributed by atoms with E-state index >= 15 is 0 Å². The van der Waals surface area contributed by atoms with Crippen molar-refractivity contribution in [3.05, 3.63) is 102 Å². The molecule has 1 nitrogen and oxygen atoms in total. The molecule has 3 aromatic rings.